The highest BCUT2D eigenvalue weighted by Crippen LogP contribution is 2.28. The molecule has 3 heterocycles. The number of benzene rings is 2. The molecule has 1 aliphatic rings. The number of halogens is 1. The van der Waals surface area contributed by atoms with Gasteiger partial charge in [0.05, 0.1) is 33.8 Å². The molecule has 10 heteroatoms. The zero-order valence-electron chi connectivity index (χ0n) is 17.4. The SMILES string of the molecule is O=S(=O)(c1ccc(-c2cncc(-c3nnc(-c4ccccc4F)o3)n2)cc1)C1CCOCC1. The number of rotatable bonds is 5. The van der Waals surface area contributed by atoms with Gasteiger partial charge in [-0.1, -0.05) is 24.3 Å². The fourth-order valence-corrected chi connectivity index (χ4v) is 5.39. The Morgan fingerprint density at radius 3 is 2.33 bits per heavy atom. The molecule has 0 radical (unpaired) electrons. The molecule has 5 rings (SSSR count). The van der Waals surface area contributed by atoms with Gasteiger partial charge in [-0.2, -0.15) is 0 Å². The van der Waals surface area contributed by atoms with E-state index in [1.807, 2.05) is 0 Å². The van der Waals surface area contributed by atoms with E-state index in [4.69, 9.17) is 9.15 Å². The largest absolute Gasteiger partial charge is 0.414 e. The Hall–Kier alpha value is -3.50. The number of hydrogen-bond acceptors (Lipinski definition) is 8. The smallest absolute Gasteiger partial charge is 0.268 e. The summed E-state index contributed by atoms with van der Waals surface area (Å²) in [5.41, 5.74) is 1.71. The molecular weight excluding hydrogens is 447 g/mol. The first kappa shape index (κ1) is 21.4. The average molecular weight is 466 g/mol. The minimum atomic E-state index is -3.42. The summed E-state index contributed by atoms with van der Waals surface area (Å²) in [7, 11) is -3.42. The Kier molecular flexibility index (Phi) is 5.69. The summed E-state index contributed by atoms with van der Waals surface area (Å²) < 4.78 is 50.6. The Morgan fingerprint density at radius 2 is 1.58 bits per heavy atom. The van der Waals surface area contributed by atoms with Crippen molar-refractivity contribution < 1.29 is 22.0 Å². The van der Waals surface area contributed by atoms with E-state index in [2.05, 4.69) is 20.2 Å². The van der Waals surface area contributed by atoms with Crippen molar-refractivity contribution in [2.75, 3.05) is 13.2 Å². The van der Waals surface area contributed by atoms with Crippen molar-refractivity contribution in [3.8, 4) is 34.3 Å². The summed E-state index contributed by atoms with van der Waals surface area (Å²) in [5.74, 6) is -0.331. The lowest BCUT2D eigenvalue weighted by atomic mass is 10.1. The summed E-state index contributed by atoms with van der Waals surface area (Å²) in [5, 5.41) is 7.44. The van der Waals surface area contributed by atoms with Crippen molar-refractivity contribution in [3.05, 3.63) is 66.7 Å². The van der Waals surface area contributed by atoms with E-state index in [0.29, 0.717) is 43.0 Å². The highest BCUT2D eigenvalue weighted by molar-refractivity contribution is 7.92. The van der Waals surface area contributed by atoms with Gasteiger partial charge in [0, 0.05) is 18.8 Å². The Balaban J connectivity index is 1.40. The van der Waals surface area contributed by atoms with Crippen LogP contribution < -0.4 is 0 Å². The molecule has 33 heavy (non-hydrogen) atoms. The van der Waals surface area contributed by atoms with Crippen LogP contribution in [0.2, 0.25) is 0 Å². The van der Waals surface area contributed by atoms with E-state index in [9.17, 15) is 12.8 Å². The van der Waals surface area contributed by atoms with Crippen LogP contribution in [0, 0.1) is 5.82 Å². The molecule has 168 valence electrons. The number of sulfone groups is 1. The van der Waals surface area contributed by atoms with Crippen molar-refractivity contribution >= 4 is 9.84 Å². The van der Waals surface area contributed by atoms with Gasteiger partial charge in [0.25, 0.3) is 11.8 Å². The van der Waals surface area contributed by atoms with Crippen LogP contribution in [-0.4, -0.2) is 47.0 Å². The molecule has 0 atom stereocenters. The normalized spacial score (nSPS) is 14.9. The lowest BCUT2D eigenvalue weighted by Gasteiger charge is -2.22. The maximum absolute atomic E-state index is 14.0. The van der Waals surface area contributed by atoms with Crippen LogP contribution in [0.25, 0.3) is 34.3 Å². The molecule has 0 amide bonds. The van der Waals surface area contributed by atoms with Crippen molar-refractivity contribution in [2.24, 2.45) is 0 Å². The summed E-state index contributed by atoms with van der Waals surface area (Å²) in [6.45, 7) is 0.914. The molecule has 2 aromatic carbocycles. The van der Waals surface area contributed by atoms with Crippen molar-refractivity contribution in [2.45, 2.75) is 23.0 Å². The minimum absolute atomic E-state index is 0.0398. The van der Waals surface area contributed by atoms with Crippen LogP contribution >= 0.6 is 0 Å². The molecule has 0 spiro atoms. The van der Waals surface area contributed by atoms with Crippen molar-refractivity contribution in [1.82, 2.24) is 20.2 Å². The van der Waals surface area contributed by atoms with Gasteiger partial charge in [-0.15, -0.1) is 10.2 Å². The molecule has 0 N–H and O–H groups in total. The zero-order chi connectivity index (χ0) is 22.8. The monoisotopic (exact) mass is 466 g/mol. The van der Waals surface area contributed by atoms with Crippen LogP contribution in [0.3, 0.4) is 0 Å². The first-order chi connectivity index (χ1) is 16.0. The molecule has 0 unspecified atom stereocenters. The standard InChI is InChI=1S/C23H19FN4O4S/c24-19-4-2-1-3-18(19)22-27-28-23(32-22)21-14-25-13-20(26-21)15-5-7-16(8-6-15)33(29,30)17-9-11-31-12-10-17/h1-8,13-14,17H,9-12H2. The quantitative estimate of drug-likeness (QED) is 0.435. The summed E-state index contributed by atoms with van der Waals surface area (Å²) >= 11 is 0. The molecule has 0 bridgehead atoms. The molecule has 2 aromatic heterocycles. The second-order valence-electron chi connectivity index (χ2n) is 7.56. The number of nitrogens with zero attached hydrogens (tertiary/aromatic N) is 4. The number of aromatic nitrogens is 4. The van der Waals surface area contributed by atoms with Gasteiger partial charge < -0.3 is 9.15 Å². The van der Waals surface area contributed by atoms with Gasteiger partial charge in [-0.3, -0.25) is 4.98 Å². The third kappa shape index (κ3) is 4.27. The third-order valence-electron chi connectivity index (χ3n) is 5.47. The predicted octanol–water partition coefficient (Wildman–Crippen LogP) is 3.95. The third-order valence-corrected chi connectivity index (χ3v) is 7.75. The van der Waals surface area contributed by atoms with Gasteiger partial charge in [-0.25, -0.2) is 17.8 Å². The Bertz CT molecular complexity index is 1380. The van der Waals surface area contributed by atoms with E-state index < -0.39 is 20.9 Å². The Morgan fingerprint density at radius 1 is 0.879 bits per heavy atom. The highest BCUT2D eigenvalue weighted by Gasteiger charge is 2.29. The lowest BCUT2D eigenvalue weighted by molar-refractivity contribution is 0.0983. The van der Waals surface area contributed by atoms with Gasteiger partial charge in [0.2, 0.25) is 0 Å². The van der Waals surface area contributed by atoms with Gasteiger partial charge in [0.1, 0.15) is 11.5 Å². The molecule has 1 saturated heterocycles. The summed E-state index contributed by atoms with van der Waals surface area (Å²) in [6.07, 6.45) is 4.01. The zero-order valence-corrected chi connectivity index (χ0v) is 18.2. The maximum atomic E-state index is 14.0. The number of hydrogen-bond donors (Lipinski definition) is 0. The Labute approximate surface area is 189 Å². The van der Waals surface area contributed by atoms with Crippen LogP contribution in [0.1, 0.15) is 12.8 Å². The first-order valence-electron chi connectivity index (χ1n) is 10.4. The summed E-state index contributed by atoms with van der Waals surface area (Å²) in [6, 6.07) is 12.7. The molecular formula is C23H19FN4O4S. The molecule has 0 aliphatic carbocycles. The average Bonchev–Trinajstić information content (AvgIpc) is 3.35. The lowest BCUT2D eigenvalue weighted by Crippen LogP contribution is -2.28. The van der Waals surface area contributed by atoms with Crippen molar-refractivity contribution in [1.29, 1.82) is 0 Å². The van der Waals surface area contributed by atoms with Crippen molar-refractivity contribution in [3.63, 3.8) is 0 Å². The fourth-order valence-electron chi connectivity index (χ4n) is 3.67. The first-order valence-corrected chi connectivity index (χ1v) is 11.9. The van der Waals surface area contributed by atoms with Crippen LogP contribution in [0.4, 0.5) is 4.39 Å². The van der Waals surface area contributed by atoms with Gasteiger partial charge in [-0.05, 0) is 37.1 Å². The van der Waals surface area contributed by atoms with E-state index in [-0.39, 0.29) is 22.2 Å². The molecule has 4 aromatic rings. The van der Waals surface area contributed by atoms with Crippen LogP contribution in [0.5, 0.6) is 0 Å². The topological polar surface area (TPSA) is 108 Å². The maximum Gasteiger partial charge on any atom is 0.268 e. The highest BCUT2D eigenvalue weighted by atomic mass is 32.2. The van der Waals surface area contributed by atoms with E-state index >= 15 is 0 Å². The summed E-state index contributed by atoms with van der Waals surface area (Å²) in [4.78, 5) is 8.96. The van der Waals surface area contributed by atoms with E-state index in [1.165, 1.54) is 12.3 Å². The van der Waals surface area contributed by atoms with E-state index in [1.54, 1.807) is 48.7 Å². The van der Waals surface area contributed by atoms with Crippen LogP contribution in [0.15, 0.2) is 70.2 Å². The van der Waals surface area contributed by atoms with Crippen LogP contribution in [-0.2, 0) is 14.6 Å². The predicted molar refractivity (Wildman–Crippen MR) is 117 cm³/mol. The van der Waals surface area contributed by atoms with E-state index in [0.717, 1.165) is 0 Å². The fraction of sp³-hybridized carbons (Fsp3) is 0.217. The second-order valence-corrected chi connectivity index (χ2v) is 9.79. The molecule has 1 aliphatic heterocycles. The van der Waals surface area contributed by atoms with Gasteiger partial charge >= 0.3 is 0 Å². The van der Waals surface area contributed by atoms with Gasteiger partial charge in [0.15, 0.2) is 9.84 Å². The minimum Gasteiger partial charge on any atom is -0.414 e. The number of ether oxygens (including phenoxy) is 1. The second kappa shape index (κ2) is 8.80. The molecule has 0 saturated carbocycles. The molecule has 8 nitrogen and oxygen atoms in total. The molecule has 1 fully saturated rings.